The van der Waals surface area contributed by atoms with Crippen LogP contribution in [0.3, 0.4) is 0 Å². The van der Waals surface area contributed by atoms with Crippen molar-refractivity contribution < 1.29 is 4.74 Å². The van der Waals surface area contributed by atoms with Crippen LogP contribution in [0.15, 0.2) is 47.1 Å². The van der Waals surface area contributed by atoms with E-state index >= 15 is 0 Å². The van der Waals surface area contributed by atoms with Gasteiger partial charge in [0.25, 0.3) is 0 Å². The molecule has 0 radical (unpaired) electrons. The van der Waals surface area contributed by atoms with Crippen LogP contribution in [-0.2, 0) is 13.0 Å². The van der Waals surface area contributed by atoms with Crippen LogP contribution in [0.4, 0.5) is 0 Å². The van der Waals surface area contributed by atoms with Gasteiger partial charge in [0.1, 0.15) is 5.75 Å². The molecule has 0 atom stereocenters. The van der Waals surface area contributed by atoms with Crippen molar-refractivity contribution in [2.24, 2.45) is 0 Å². The molecule has 1 N–H and O–H groups in total. The Morgan fingerprint density at radius 2 is 2.10 bits per heavy atom. The molecule has 0 aliphatic heterocycles. The zero-order valence-corrected chi connectivity index (χ0v) is 13.9. The van der Waals surface area contributed by atoms with Gasteiger partial charge in [-0.05, 0) is 47.1 Å². The molecule has 0 spiro atoms. The molecular formula is C17H21BrN2O. The molecular weight excluding hydrogens is 328 g/mol. The predicted octanol–water partition coefficient (Wildman–Crippen LogP) is 3.97. The van der Waals surface area contributed by atoms with E-state index in [2.05, 4.69) is 39.2 Å². The standard InChI is InChI=1S/C17H21BrN2O/c1-2-10-19-13-14-6-5-8-16(18)17(14)21-12-9-15-7-3-4-11-20-15/h3-8,11,19H,2,9-10,12-13H2,1H3. The van der Waals surface area contributed by atoms with Crippen molar-refractivity contribution >= 4 is 15.9 Å². The number of nitrogens with one attached hydrogen (secondary N) is 1. The number of para-hydroxylation sites is 1. The van der Waals surface area contributed by atoms with E-state index in [4.69, 9.17) is 4.74 Å². The lowest BCUT2D eigenvalue weighted by molar-refractivity contribution is 0.314. The fourth-order valence-electron chi connectivity index (χ4n) is 2.06. The first-order chi connectivity index (χ1) is 10.3. The molecule has 1 heterocycles. The highest BCUT2D eigenvalue weighted by Gasteiger charge is 2.08. The van der Waals surface area contributed by atoms with E-state index in [0.717, 1.165) is 41.8 Å². The van der Waals surface area contributed by atoms with Crippen molar-refractivity contribution in [3.63, 3.8) is 0 Å². The predicted molar refractivity (Wildman–Crippen MR) is 89.6 cm³/mol. The van der Waals surface area contributed by atoms with Crippen LogP contribution in [-0.4, -0.2) is 18.1 Å². The summed E-state index contributed by atoms with van der Waals surface area (Å²) in [4.78, 5) is 4.31. The van der Waals surface area contributed by atoms with Gasteiger partial charge in [0.05, 0.1) is 11.1 Å². The molecule has 0 aliphatic carbocycles. The van der Waals surface area contributed by atoms with Crippen LogP contribution in [0.1, 0.15) is 24.6 Å². The summed E-state index contributed by atoms with van der Waals surface area (Å²) in [6.07, 6.45) is 3.75. The van der Waals surface area contributed by atoms with Crippen molar-refractivity contribution in [2.75, 3.05) is 13.2 Å². The molecule has 4 heteroatoms. The summed E-state index contributed by atoms with van der Waals surface area (Å²) >= 11 is 3.57. The van der Waals surface area contributed by atoms with Gasteiger partial charge < -0.3 is 10.1 Å². The smallest absolute Gasteiger partial charge is 0.137 e. The summed E-state index contributed by atoms with van der Waals surface area (Å²) < 4.78 is 6.98. The number of pyridine rings is 1. The zero-order valence-electron chi connectivity index (χ0n) is 12.3. The number of rotatable bonds is 8. The number of ether oxygens (including phenoxy) is 1. The summed E-state index contributed by atoms with van der Waals surface area (Å²) in [5.41, 5.74) is 2.23. The van der Waals surface area contributed by atoms with Crippen LogP contribution in [0, 0.1) is 0 Å². The third-order valence-electron chi connectivity index (χ3n) is 3.12. The monoisotopic (exact) mass is 348 g/mol. The van der Waals surface area contributed by atoms with E-state index in [-0.39, 0.29) is 0 Å². The molecule has 0 saturated heterocycles. The molecule has 2 rings (SSSR count). The molecule has 2 aromatic rings. The summed E-state index contributed by atoms with van der Waals surface area (Å²) in [6, 6.07) is 12.1. The van der Waals surface area contributed by atoms with Gasteiger partial charge >= 0.3 is 0 Å². The van der Waals surface area contributed by atoms with Crippen molar-refractivity contribution in [3.8, 4) is 5.75 Å². The Hall–Kier alpha value is -1.39. The van der Waals surface area contributed by atoms with Gasteiger partial charge in [-0.2, -0.15) is 0 Å². The summed E-state index contributed by atoms with van der Waals surface area (Å²) in [7, 11) is 0. The molecule has 0 saturated carbocycles. The highest BCUT2D eigenvalue weighted by Crippen LogP contribution is 2.29. The van der Waals surface area contributed by atoms with Crippen molar-refractivity contribution in [3.05, 3.63) is 58.3 Å². The lowest BCUT2D eigenvalue weighted by Crippen LogP contribution is -2.15. The summed E-state index contributed by atoms with van der Waals surface area (Å²) in [5.74, 6) is 0.928. The first kappa shape index (κ1) is 16.0. The first-order valence-electron chi connectivity index (χ1n) is 7.32. The maximum absolute atomic E-state index is 5.98. The van der Waals surface area contributed by atoms with E-state index in [1.807, 2.05) is 36.5 Å². The molecule has 3 nitrogen and oxygen atoms in total. The second kappa shape index (κ2) is 8.80. The van der Waals surface area contributed by atoms with Crippen LogP contribution >= 0.6 is 15.9 Å². The second-order valence-electron chi connectivity index (χ2n) is 4.82. The van der Waals surface area contributed by atoms with E-state index in [1.54, 1.807) is 0 Å². The van der Waals surface area contributed by atoms with Crippen LogP contribution in [0.25, 0.3) is 0 Å². The molecule has 112 valence electrons. The number of benzene rings is 1. The summed E-state index contributed by atoms with van der Waals surface area (Å²) in [6.45, 7) is 4.63. The minimum atomic E-state index is 0.625. The van der Waals surface area contributed by atoms with Gasteiger partial charge in [0, 0.05) is 30.4 Å². The molecule has 0 unspecified atom stereocenters. The van der Waals surface area contributed by atoms with Crippen LogP contribution in [0.5, 0.6) is 5.75 Å². The quantitative estimate of drug-likeness (QED) is 0.733. The maximum atomic E-state index is 5.98. The van der Waals surface area contributed by atoms with Crippen molar-refractivity contribution in [2.45, 2.75) is 26.3 Å². The zero-order chi connectivity index (χ0) is 14.9. The Bertz CT molecular complexity index is 546. The van der Waals surface area contributed by atoms with E-state index in [0.29, 0.717) is 6.61 Å². The fourth-order valence-corrected chi connectivity index (χ4v) is 2.58. The number of hydrogen-bond acceptors (Lipinski definition) is 3. The molecule has 21 heavy (non-hydrogen) atoms. The third kappa shape index (κ3) is 5.14. The van der Waals surface area contributed by atoms with Gasteiger partial charge in [0.15, 0.2) is 0 Å². The molecule has 0 fully saturated rings. The fraction of sp³-hybridized carbons (Fsp3) is 0.353. The Morgan fingerprint density at radius 1 is 1.19 bits per heavy atom. The Morgan fingerprint density at radius 3 is 2.86 bits per heavy atom. The number of hydrogen-bond donors (Lipinski definition) is 1. The van der Waals surface area contributed by atoms with Gasteiger partial charge in [-0.1, -0.05) is 25.1 Å². The number of nitrogens with zero attached hydrogens (tertiary/aromatic N) is 1. The minimum Gasteiger partial charge on any atom is -0.492 e. The maximum Gasteiger partial charge on any atom is 0.137 e. The topological polar surface area (TPSA) is 34.1 Å². The normalized spacial score (nSPS) is 10.6. The largest absolute Gasteiger partial charge is 0.492 e. The van der Waals surface area contributed by atoms with Crippen molar-refractivity contribution in [1.29, 1.82) is 0 Å². The molecule has 0 aliphatic rings. The van der Waals surface area contributed by atoms with Crippen molar-refractivity contribution in [1.82, 2.24) is 10.3 Å². The van der Waals surface area contributed by atoms with E-state index in [9.17, 15) is 0 Å². The SMILES string of the molecule is CCCNCc1cccc(Br)c1OCCc1ccccn1. The average molecular weight is 349 g/mol. The van der Waals surface area contributed by atoms with Gasteiger partial charge in [-0.3, -0.25) is 4.98 Å². The summed E-state index contributed by atoms with van der Waals surface area (Å²) in [5, 5.41) is 3.41. The van der Waals surface area contributed by atoms with Crippen LogP contribution in [0.2, 0.25) is 0 Å². The average Bonchev–Trinajstić information content (AvgIpc) is 2.51. The van der Waals surface area contributed by atoms with Crippen LogP contribution < -0.4 is 10.1 Å². The van der Waals surface area contributed by atoms with Gasteiger partial charge in [0.2, 0.25) is 0 Å². The Balaban J connectivity index is 1.94. The first-order valence-corrected chi connectivity index (χ1v) is 8.11. The second-order valence-corrected chi connectivity index (χ2v) is 5.68. The number of aromatic nitrogens is 1. The minimum absolute atomic E-state index is 0.625. The third-order valence-corrected chi connectivity index (χ3v) is 3.75. The van der Waals surface area contributed by atoms with Gasteiger partial charge in [-0.15, -0.1) is 0 Å². The number of halogens is 1. The Kier molecular flexibility index (Phi) is 6.70. The molecule has 0 bridgehead atoms. The molecule has 0 amide bonds. The van der Waals surface area contributed by atoms with E-state index in [1.165, 1.54) is 5.56 Å². The molecule has 1 aromatic carbocycles. The molecule has 1 aromatic heterocycles. The lowest BCUT2D eigenvalue weighted by Gasteiger charge is -2.13. The highest BCUT2D eigenvalue weighted by atomic mass is 79.9. The van der Waals surface area contributed by atoms with Gasteiger partial charge in [-0.25, -0.2) is 0 Å². The highest BCUT2D eigenvalue weighted by molar-refractivity contribution is 9.10. The van der Waals surface area contributed by atoms with E-state index < -0.39 is 0 Å². The lowest BCUT2D eigenvalue weighted by atomic mass is 10.2. The Labute approximate surface area is 134 Å².